The molecule has 0 spiro atoms. The van der Waals surface area contributed by atoms with Crippen molar-refractivity contribution in [1.82, 2.24) is 4.98 Å². The van der Waals surface area contributed by atoms with Crippen LogP contribution in [0.4, 0.5) is 0 Å². The Morgan fingerprint density at radius 1 is 1.43 bits per heavy atom. The van der Waals surface area contributed by atoms with E-state index < -0.39 is 5.91 Å². The number of phenolic OH excluding ortho intramolecular Hbond substituents is 1. The average molecular weight is 188 g/mol. The zero-order chi connectivity index (χ0) is 10.1. The van der Waals surface area contributed by atoms with E-state index in [2.05, 4.69) is 4.98 Å². The van der Waals surface area contributed by atoms with Crippen molar-refractivity contribution in [3.05, 3.63) is 36.2 Å². The second-order valence-electron chi connectivity index (χ2n) is 2.93. The van der Waals surface area contributed by atoms with E-state index >= 15 is 0 Å². The maximum atomic E-state index is 10.8. The SMILES string of the molecule is NC(=O)c1cc2cccc(O)c2cn1. The number of phenols is 1. The van der Waals surface area contributed by atoms with Gasteiger partial charge in [-0.2, -0.15) is 0 Å². The molecule has 0 saturated heterocycles. The van der Waals surface area contributed by atoms with Crippen LogP contribution >= 0.6 is 0 Å². The molecule has 0 bridgehead atoms. The molecule has 0 aliphatic carbocycles. The highest BCUT2D eigenvalue weighted by atomic mass is 16.3. The van der Waals surface area contributed by atoms with Crippen molar-refractivity contribution in [3.63, 3.8) is 0 Å². The normalized spacial score (nSPS) is 10.3. The van der Waals surface area contributed by atoms with Crippen LogP contribution in [0.3, 0.4) is 0 Å². The molecule has 14 heavy (non-hydrogen) atoms. The van der Waals surface area contributed by atoms with Gasteiger partial charge in [-0.3, -0.25) is 9.78 Å². The number of carbonyl (C=O) groups is 1. The lowest BCUT2D eigenvalue weighted by molar-refractivity contribution is 0.0996. The summed E-state index contributed by atoms with van der Waals surface area (Å²) in [6.07, 6.45) is 1.44. The summed E-state index contributed by atoms with van der Waals surface area (Å²) < 4.78 is 0. The fraction of sp³-hybridized carbons (Fsp3) is 0. The lowest BCUT2D eigenvalue weighted by Gasteiger charge is -2.01. The molecule has 70 valence electrons. The van der Waals surface area contributed by atoms with Crippen molar-refractivity contribution >= 4 is 16.7 Å². The Morgan fingerprint density at radius 3 is 2.93 bits per heavy atom. The molecule has 1 aromatic heterocycles. The van der Waals surface area contributed by atoms with Gasteiger partial charge in [0.05, 0.1) is 0 Å². The Morgan fingerprint density at radius 2 is 2.21 bits per heavy atom. The van der Waals surface area contributed by atoms with Gasteiger partial charge in [-0.15, -0.1) is 0 Å². The largest absolute Gasteiger partial charge is 0.507 e. The molecule has 2 aromatic rings. The van der Waals surface area contributed by atoms with Crippen LogP contribution in [0.5, 0.6) is 5.75 Å². The van der Waals surface area contributed by atoms with Crippen LogP contribution in [0.2, 0.25) is 0 Å². The van der Waals surface area contributed by atoms with Crippen LogP contribution in [0.1, 0.15) is 10.5 Å². The molecule has 2 rings (SSSR count). The monoisotopic (exact) mass is 188 g/mol. The topological polar surface area (TPSA) is 76.2 Å². The number of carbonyl (C=O) groups excluding carboxylic acids is 1. The summed E-state index contributed by atoms with van der Waals surface area (Å²) in [5.41, 5.74) is 5.28. The van der Waals surface area contributed by atoms with E-state index in [0.717, 1.165) is 5.39 Å². The standard InChI is InChI=1S/C10H8N2O2/c11-10(14)8-4-6-2-1-3-9(13)7(6)5-12-8/h1-5,13H,(H2,11,14). The predicted molar refractivity (Wildman–Crippen MR) is 51.9 cm³/mol. The van der Waals surface area contributed by atoms with Crippen LogP contribution < -0.4 is 5.73 Å². The van der Waals surface area contributed by atoms with Gasteiger partial charge < -0.3 is 10.8 Å². The maximum Gasteiger partial charge on any atom is 0.267 e. The van der Waals surface area contributed by atoms with E-state index in [0.29, 0.717) is 5.39 Å². The highest BCUT2D eigenvalue weighted by Crippen LogP contribution is 2.23. The molecule has 1 aromatic carbocycles. The predicted octanol–water partition coefficient (Wildman–Crippen LogP) is 1.04. The molecule has 0 radical (unpaired) electrons. The fourth-order valence-corrected chi connectivity index (χ4v) is 1.29. The van der Waals surface area contributed by atoms with Crippen molar-refractivity contribution in [1.29, 1.82) is 0 Å². The van der Waals surface area contributed by atoms with Crippen LogP contribution in [-0.2, 0) is 0 Å². The van der Waals surface area contributed by atoms with Crippen molar-refractivity contribution in [2.24, 2.45) is 5.73 Å². The van der Waals surface area contributed by atoms with E-state index in [-0.39, 0.29) is 11.4 Å². The second-order valence-corrected chi connectivity index (χ2v) is 2.93. The third-order valence-corrected chi connectivity index (χ3v) is 1.99. The number of amides is 1. The van der Waals surface area contributed by atoms with Crippen molar-refractivity contribution in [3.8, 4) is 5.75 Å². The summed E-state index contributed by atoms with van der Waals surface area (Å²) in [4.78, 5) is 14.7. The summed E-state index contributed by atoms with van der Waals surface area (Å²) >= 11 is 0. The molecule has 0 aliphatic rings. The van der Waals surface area contributed by atoms with Crippen LogP contribution in [0, 0.1) is 0 Å². The minimum atomic E-state index is -0.574. The Kier molecular flexibility index (Phi) is 1.81. The molecular weight excluding hydrogens is 180 g/mol. The first kappa shape index (κ1) is 8.50. The van der Waals surface area contributed by atoms with Gasteiger partial charge in [0, 0.05) is 11.6 Å². The Hall–Kier alpha value is -2.10. The lowest BCUT2D eigenvalue weighted by Crippen LogP contribution is -2.12. The Labute approximate surface area is 80.0 Å². The average Bonchev–Trinajstić information content (AvgIpc) is 2.17. The van der Waals surface area contributed by atoms with Gasteiger partial charge in [0.15, 0.2) is 0 Å². The number of benzene rings is 1. The van der Waals surface area contributed by atoms with E-state index in [1.807, 2.05) is 0 Å². The Bertz CT molecular complexity index is 508. The van der Waals surface area contributed by atoms with Crippen LogP contribution in [-0.4, -0.2) is 16.0 Å². The number of fused-ring (bicyclic) bond motifs is 1. The quantitative estimate of drug-likeness (QED) is 0.701. The number of hydrogen-bond donors (Lipinski definition) is 2. The zero-order valence-corrected chi connectivity index (χ0v) is 7.27. The molecule has 0 fully saturated rings. The van der Waals surface area contributed by atoms with Crippen molar-refractivity contribution in [2.45, 2.75) is 0 Å². The molecule has 0 atom stereocenters. The molecule has 0 aliphatic heterocycles. The summed E-state index contributed by atoms with van der Waals surface area (Å²) in [6.45, 7) is 0. The smallest absolute Gasteiger partial charge is 0.267 e. The van der Waals surface area contributed by atoms with E-state index in [4.69, 9.17) is 5.73 Å². The molecule has 1 amide bonds. The molecule has 4 heteroatoms. The van der Waals surface area contributed by atoms with E-state index in [9.17, 15) is 9.90 Å². The number of aromatic hydroxyl groups is 1. The van der Waals surface area contributed by atoms with Gasteiger partial charge in [-0.25, -0.2) is 0 Å². The molecule has 3 N–H and O–H groups in total. The zero-order valence-electron chi connectivity index (χ0n) is 7.27. The van der Waals surface area contributed by atoms with E-state index in [1.54, 1.807) is 24.3 Å². The number of nitrogens with two attached hydrogens (primary N) is 1. The van der Waals surface area contributed by atoms with Crippen LogP contribution in [0.25, 0.3) is 10.8 Å². The highest BCUT2D eigenvalue weighted by Gasteiger charge is 2.04. The number of nitrogens with zero attached hydrogens (tertiary/aromatic N) is 1. The second kappa shape index (κ2) is 2.99. The van der Waals surface area contributed by atoms with Gasteiger partial charge in [0.1, 0.15) is 11.4 Å². The van der Waals surface area contributed by atoms with Gasteiger partial charge >= 0.3 is 0 Å². The van der Waals surface area contributed by atoms with Gasteiger partial charge in [0.2, 0.25) is 0 Å². The minimum Gasteiger partial charge on any atom is -0.507 e. The lowest BCUT2D eigenvalue weighted by atomic mass is 10.1. The summed E-state index contributed by atoms with van der Waals surface area (Å²) in [5, 5.41) is 10.8. The number of rotatable bonds is 1. The van der Waals surface area contributed by atoms with Crippen molar-refractivity contribution in [2.75, 3.05) is 0 Å². The van der Waals surface area contributed by atoms with Crippen LogP contribution in [0.15, 0.2) is 30.5 Å². The third-order valence-electron chi connectivity index (χ3n) is 1.99. The number of primary amides is 1. The molecule has 0 saturated carbocycles. The Balaban J connectivity index is 2.73. The van der Waals surface area contributed by atoms with E-state index in [1.165, 1.54) is 6.20 Å². The first-order valence-electron chi connectivity index (χ1n) is 4.06. The molecular formula is C10H8N2O2. The molecule has 4 nitrogen and oxygen atoms in total. The molecule has 1 heterocycles. The van der Waals surface area contributed by atoms with Gasteiger partial charge in [0.25, 0.3) is 5.91 Å². The first-order chi connectivity index (χ1) is 6.68. The molecule has 0 unspecified atom stereocenters. The fourth-order valence-electron chi connectivity index (χ4n) is 1.29. The summed E-state index contributed by atoms with van der Waals surface area (Å²) in [7, 11) is 0. The van der Waals surface area contributed by atoms with Crippen molar-refractivity contribution < 1.29 is 9.90 Å². The summed E-state index contributed by atoms with van der Waals surface area (Å²) in [6, 6.07) is 6.59. The first-order valence-corrected chi connectivity index (χ1v) is 4.06. The number of hydrogen-bond acceptors (Lipinski definition) is 3. The van der Waals surface area contributed by atoms with Gasteiger partial charge in [-0.1, -0.05) is 12.1 Å². The number of pyridine rings is 1. The van der Waals surface area contributed by atoms with Gasteiger partial charge in [-0.05, 0) is 17.5 Å². The summed E-state index contributed by atoms with van der Waals surface area (Å²) in [5.74, 6) is -0.429. The number of aromatic nitrogens is 1. The highest BCUT2D eigenvalue weighted by molar-refractivity contribution is 5.96. The minimum absolute atomic E-state index is 0.144. The maximum absolute atomic E-state index is 10.8. The third kappa shape index (κ3) is 1.26.